The molecule has 0 heterocycles. The van der Waals surface area contributed by atoms with Crippen molar-refractivity contribution in [1.82, 2.24) is 0 Å². The SMILES string of the molecule is C[C@H]1C[C@]1(F)C(=O)O. The summed E-state index contributed by atoms with van der Waals surface area (Å²) in [5, 5.41) is 8.11. The van der Waals surface area contributed by atoms with Gasteiger partial charge in [-0.3, -0.25) is 0 Å². The molecule has 0 aromatic carbocycles. The highest BCUT2D eigenvalue weighted by Gasteiger charge is 2.59. The molecule has 0 unspecified atom stereocenters. The van der Waals surface area contributed by atoms with Gasteiger partial charge in [-0.1, -0.05) is 6.92 Å². The second-order valence-corrected chi connectivity index (χ2v) is 2.27. The molecule has 0 spiro atoms. The number of carboxylic acid groups (broad SMARTS) is 1. The van der Waals surface area contributed by atoms with Crippen molar-refractivity contribution in [3.8, 4) is 0 Å². The molecule has 1 aliphatic rings. The van der Waals surface area contributed by atoms with Crippen LogP contribution in [0.4, 0.5) is 4.39 Å². The summed E-state index contributed by atoms with van der Waals surface area (Å²) >= 11 is 0. The van der Waals surface area contributed by atoms with E-state index < -0.39 is 11.6 Å². The second kappa shape index (κ2) is 1.21. The van der Waals surface area contributed by atoms with Crippen molar-refractivity contribution in [3.05, 3.63) is 0 Å². The summed E-state index contributed by atoms with van der Waals surface area (Å²) in [6.07, 6.45) is 0.183. The van der Waals surface area contributed by atoms with Crippen molar-refractivity contribution in [2.45, 2.75) is 19.0 Å². The largest absolute Gasteiger partial charge is 0.479 e. The Morgan fingerprint density at radius 2 is 2.38 bits per heavy atom. The molecular formula is C5H7FO2. The molecule has 1 fully saturated rings. The molecule has 2 atom stereocenters. The number of carbonyl (C=O) groups is 1. The Labute approximate surface area is 46.3 Å². The van der Waals surface area contributed by atoms with E-state index in [0.29, 0.717) is 0 Å². The van der Waals surface area contributed by atoms with Crippen molar-refractivity contribution in [2.24, 2.45) is 5.92 Å². The highest BCUT2D eigenvalue weighted by molar-refractivity contribution is 5.81. The summed E-state index contributed by atoms with van der Waals surface area (Å²) in [6, 6.07) is 0. The van der Waals surface area contributed by atoms with Gasteiger partial charge in [-0.25, -0.2) is 9.18 Å². The number of rotatable bonds is 1. The van der Waals surface area contributed by atoms with E-state index in [-0.39, 0.29) is 12.3 Å². The van der Waals surface area contributed by atoms with Crippen LogP contribution in [0.25, 0.3) is 0 Å². The maximum Gasteiger partial charge on any atom is 0.341 e. The van der Waals surface area contributed by atoms with Gasteiger partial charge in [0.15, 0.2) is 0 Å². The van der Waals surface area contributed by atoms with Crippen LogP contribution in [-0.4, -0.2) is 16.7 Å². The van der Waals surface area contributed by atoms with Crippen molar-refractivity contribution in [3.63, 3.8) is 0 Å². The molecular weight excluding hydrogens is 111 g/mol. The van der Waals surface area contributed by atoms with Gasteiger partial charge in [0, 0.05) is 5.92 Å². The van der Waals surface area contributed by atoms with E-state index in [2.05, 4.69) is 0 Å². The zero-order chi connectivity index (χ0) is 6.36. The van der Waals surface area contributed by atoms with E-state index in [1.807, 2.05) is 0 Å². The molecule has 0 bridgehead atoms. The van der Waals surface area contributed by atoms with E-state index in [0.717, 1.165) is 0 Å². The first-order chi connectivity index (χ1) is 3.57. The normalized spacial score (nSPS) is 44.0. The first kappa shape index (κ1) is 5.54. The predicted molar refractivity (Wildman–Crippen MR) is 25.3 cm³/mol. The lowest BCUT2D eigenvalue weighted by Crippen LogP contribution is -2.17. The minimum Gasteiger partial charge on any atom is -0.479 e. The van der Waals surface area contributed by atoms with Gasteiger partial charge < -0.3 is 5.11 Å². The first-order valence-corrected chi connectivity index (χ1v) is 2.49. The number of aliphatic carboxylic acids is 1. The summed E-state index contributed by atoms with van der Waals surface area (Å²) in [4.78, 5) is 9.92. The summed E-state index contributed by atoms with van der Waals surface area (Å²) in [7, 11) is 0. The average Bonchev–Trinajstić information content (AvgIpc) is 2.17. The molecule has 1 rings (SSSR count). The third kappa shape index (κ3) is 0.504. The molecule has 46 valence electrons. The van der Waals surface area contributed by atoms with Gasteiger partial charge in [-0.15, -0.1) is 0 Å². The molecule has 0 saturated heterocycles. The fraction of sp³-hybridized carbons (Fsp3) is 0.800. The van der Waals surface area contributed by atoms with Gasteiger partial charge in [0.1, 0.15) is 0 Å². The number of hydrogen-bond acceptors (Lipinski definition) is 1. The van der Waals surface area contributed by atoms with E-state index in [9.17, 15) is 9.18 Å². The minimum atomic E-state index is -1.88. The summed E-state index contributed by atoms with van der Waals surface area (Å²) in [5.41, 5.74) is -1.88. The van der Waals surface area contributed by atoms with Crippen LogP contribution in [0.5, 0.6) is 0 Å². The van der Waals surface area contributed by atoms with Gasteiger partial charge in [0.05, 0.1) is 0 Å². The smallest absolute Gasteiger partial charge is 0.341 e. The zero-order valence-electron chi connectivity index (χ0n) is 4.52. The van der Waals surface area contributed by atoms with Crippen molar-refractivity contribution in [1.29, 1.82) is 0 Å². The van der Waals surface area contributed by atoms with Crippen molar-refractivity contribution >= 4 is 5.97 Å². The fourth-order valence-electron chi connectivity index (χ4n) is 0.685. The molecule has 1 N–H and O–H groups in total. The summed E-state index contributed by atoms with van der Waals surface area (Å²) < 4.78 is 12.4. The minimum absolute atomic E-state index is 0.183. The van der Waals surface area contributed by atoms with Crippen LogP contribution in [0.2, 0.25) is 0 Å². The number of alkyl halides is 1. The Kier molecular flexibility index (Phi) is 0.840. The topological polar surface area (TPSA) is 37.3 Å². The van der Waals surface area contributed by atoms with Crippen LogP contribution in [0.15, 0.2) is 0 Å². The molecule has 0 aromatic heterocycles. The van der Waals surface area contributed by atoms with E-state index in [1.54, 1.807) is 6.92 Å². The number of carboxylic acids is 1. The van der Waals surface area contributed by atoms with Crippen LogP contribution in [-0.2, 0) is 4.79 Å². The van der Waals surface area contributed by atoms with Crippen LogP contribution in [0.1, 0.15) is 13.3 Å². The number of halogens is 1. The molecule has 3 heteroatoms. The molecule has 8 heavy (non-hydrogen) atoms. The Hall–Kier alpha value is -0.600. The van der Waals surface area contributed by atoms with Gasteiger partial charge >= 0.3 is 5.97 Å². The average molecular weight is 118 g/mol. The molecule has 2 nitrogen and oxygen atoms in total. The monoisotopic (exact) mass is 118 g/mol. The van der Waals surface area contributed by atoms with Crippen molar-refractivity contribution in [2.75, 3.05) is 0 Å². The summed E-state index contributed by atoms with van der Waals surface area (Å²) in [6.45, 7) is 1.59. The molecule has 0 aromatic rings. The number of hydrogen-bond donors (Lipinski definition) is 1. The first-order valence-electron chi connectivity index (χ1n) is 2.49. The predicted octanol–water partition coefficient (Wildman–Crippen LogP) is 0.819. The third-order valence-electron chi connectivity index (χ3n) is 1.58. The molecule has 0 radical (unpaired) electrons. The molecule has 0 amide bonds. The Morgan fingerprint density at radius 1 is 2.00 bits per heavy atom. The lowest BCUT2D eigenvalue weighted by atomic mass is 10.3. The third-order valence-corrected chi connectivity index (χ3v) is 1.58. The standard InChI is InChI=1S/C5H7FO2/c1-3-2-5(3,6)4(7)8/h3H,2H2,1H3,(H,7,8)/t3-,5+/m0/s1. The van der Waals surface area contributed by atoms with Gasteiger partial charge in [-0.05, 0) is 6.42 Å². The summed E-state index contributed by atoms with van der Waals surface area (Å²) in [5.74, 6) is -1.59. The maximum absolute atomic E-state index is 12.4. The van der Waals surface area contributed by atoms with Crippen LogP contribution >= 0.6 is 0 Å². The Balaban J connectivity index is 2.60. The molecule has 1 saturated carbocycles. The van der Waals surface area contributed by atoms with E-state index >= 15 is 0 Å². The van der Waals surface area contributed by atoms with Gasteiger partial charge in [0.2, 0.25) is 5.67 Å². The fourth-order valence-corrected chi connectivity index (χ4v) is 0.685. The molecule has 1 aliphatic carbocycles. The Morgan fingerprint density at radius 3 is 2.38 bits per heavy atom. The second-order valence-electron chi connectivity index (χ2n) is 2.27. The van der Waals surface area contributed by atoms with Crippen molar-refractivity contribution < 1.29 is 14.3 Å². The Bertz CT molecular complexity index is 134. The lowest BCUT2D eigenvalue weighted by Gasteiger charge is -1.93. The lowest BCUT2D eigenvalue weighted by molar-refractivity contribution is -0.145. The maximum atomic E-state index is 12.4. The van der Waals surface area contributed by atoms with Crippen LogP contribution in [0, 0.1) is 5.92 Å². The van der Waals surface area contributed by atoms with E-state index in [1.165, 1.54) is 0 Å². The molecule has 0 aliphatic heterocycles. The van der Waals surface area contributed by atoms with Crippen LogP contribution < -0.4 is 0 Å². The van der Waals surface area contributed by atoms with Gasteiger partial charge in [-0.2, -0.15) is 0 Å². The highest BCUT2D eigenvalue weighted by atomic mass is 19.1. The quantitative estimate of drug-likeness (QED) is 0.553. The van der Waals surface area contributed by atoms with Crippen LogP contribution in [0.3, 0.4) is 0 Å². The van der Waals surface area contributed by atoms with Gasteiger partial charge in [0.25, 0.3) is 0 Å². The zero-order valence-corrected chi connectivity index (χ0v) is 4.52. The van der Waals surface area contributed by atoms with E-state index in [4.69, 9.17) is 5.11 Å². The highest BCUT2D eigenvalue weighted by Crippen LogP contribution is 2.46.